The Morgan fingerprint density at radius 1 is 1.19 bits per heavy atom. The summed E-state index contributed by atoms with van der Waals surface area (Å²) in [7, 11) is 1.53. The van der Waals surface area contributed by atoms with E-state index in [2.05, 4.69) is 52.8 Å². The van der Waals surface area contributed by atoms with Gasteiger partial charge in [-0.05, 0) is 73.1 Å². The van der Waals surface area contributed by atoms with Crippen LogP contribution in [0.4, 0.5) is 0 Å². The number of carbonyl (C=O) groups is 1. The van der Waals surface area contributed by atoms with Crippen LogP contribution in [0.25, 0.3) is 6.08 Å². The van der Waals surface area contributed by atoms with Crippen LogP contribution in [-0.2, 0) is 9.53 Å². The van der Waals surface area contributed by atoms with E-state index in [4.69, 9.17) is 9.47 Å². The third-order valence-corrected chi connectivity index (χ3v) is 7.95. The van der Waals surface area contributed by atoms with Crippen LogP contribution in [0.2, 0.25) is 0 Å². The van der Waals surface area contributed by atoms with Crippen molar-refractivity contribution in [3.63, 3.8) is 0 Å². The molecule has 188 valence electrons. The van der Waals surface area contributed by atoms with Gasteiger partial charge in [-0.25, -0.2) is 9.79 Å². The molecule has 36 heavy (non-hydrogen) atoms. The number of thiazole rings is 1. The van der Waals surface area contributed by atoms with Crippen LogP contribution in [0.3, 0.4) is 0 Å². The molecule has 0 aliphatic carbocycles. The number of esters is 1. The fourth-order valence-corrected chi connectivity index (χ4v) is 6.59. The van der Waals surface area contributed by atoms with E-state index in [1.807, 2.05) is 12.1 Å². The number of phenolic OH excluding ortho intramolecular Hbond substituents is 1. The van der Waals surface area contributed by atoms with E-state index < -0.39 is 12.0 Å². The lowest BCUT2D eigenvalue weighted by Crippen LogP contribution is -2.40. The molecule has 1 atom stereocenters. The van der Waals surface area contributed by atoms with Crippen molar-refractivity contribution in [2.75, 3.05) is 7.11 Å². The number of ether oxygens (including phenoxy) is 2. The van der Waals surface area contributed by atoms with Gasteiger partial charge in [0.15, 0.2) is 4.80 Å². The molecule has 1 aliphatic heterocycles. The Kier molecular flexibility index (Phi) is 7.94. The van der Waals surface area contributed by atoms with Crippen LogP contribution in [0.5, 0.6) is 11.5 Å². The lowest BCUT2D eigenvalue weighted by molar-refractivity contribution is -0.143. The second-order valence-electron chi connectivity index (χ2n) is 8.25. The number of phenols is 1. The molecule has 1 aliphatic rings. The minimum absolute atomic E-state index is 0.00613. The van der Waals surface area contributed by atoms with Crippen LogP contribution in [0.15, 0.2) is 64.8 Å². The SMILES string of the molecule is COc1ccc(Br)cc1[C@@H]1C(C(=O)OC(C)C)=C(C)N=c2s/c(=C\c3cc(Br)cc(Br)c3O)c(=O)n21. The van der Waals surface area contributed by atoms with E-state index >= 15 is 0 Å². The van der Waals surface area contributed by atoms with Crippen LogP contribution in [0, 0.1) is 0 Å². The monoisotopic (exact) mass is 698 g/mol. The van der Waals surface area contributed by atoms with Crippen molar-refractivity contribution in [1.82, 2.24) is 4.57 Å². The third-order valence-electron chi connectivity index (χ3n) is 5.41. The fraction of sp³-hybridized carbons (Fsp3) is 0.240. The van der Waals surface area contributed by atoms with Crippen LogP contribution < -0.4 is 19.6 Å². The largest absolute Gasteiger partial charge is 0.506 e. The molecule has 0 radical (unpaired) electrons. The number of hydrogen-bond acceptors (Lipinski definition) is 7. The number of hydrogen-bond donors (Lipinski definition) is 1. The van der Waals surface area contributed by atoms with Gasteiger partial charge in [-0.15, -0.1) is 0 Å². The number of fused-ring (bicyclic) bond motifs is 1. The van der Waals surface area contributed by atoms with Gasteiger partial charge in [0.2, 0.25) is 0 Å². The van der Waals surface area contributed by atoms with Gasteiger partial charge in [-0.3, -0.25) is 9.36 Å². The smallest absolute Gasteiger partial charge is 0.338 e. The van der Waals surface area contributed by atoms with Gasteiger partial charge < -0.3 is 14.6 Å². The first-order chi connectivity index (χ1) is 17.0. The topological polar surface area (TPSA) is 90.1 Å². The first kappa shape index (κ1) is 26.8. The number of benzene rings is 2. The maximum Gasteiger partial charge on any atom is 0.338 e. The minimum Gasteiger partial charge on any atom is -0.506 e. The van der Waals surface area contributed by atoms with Crippen LogP contribution in [-0.4, -0.2) is 28.9 Å². The van der Waals surface area contributed by atoms with E-state index in [9.17, 15) is 14.7 Å². The lowest BCUT2D eigenvalue weighted by atomic mass is 9.95. The molecule has 0 saturated carbocycles. The van der Waals surface area contributed by atoms with Gasteiger partial charge in [-0.2, -0.15) is 0 Å². The molecule has 0 spiro atoms. The zero-order chi connectivity index (χ0) is 26.3. The van der Waals surface area contributed by atoms with Gasteiger partial charge in [0, 0.05) is 20.1 Å². The standard InChI is InChI=1S/C25H21Br3N2O5S/c1-11(2)35-24(33)20-12(3)29-25-30(21(20)16-9-14(26)5-6-18(16)34-4)23(32)19(36-25)8-13-7-15(27)10-17(28)22(13)31/h5-11,21,31H,1-4H3/b19-8-/t21-/m1/s1. The fourth-order valence-electron chi connectivity index (χ4n) is 3.91. The van der Waals surface area contributed by atoms with Gasteiger partial charge in [0.25, 0.3) is 5.56 Å². The van der Waals surface area contributed by atoms with Crippen molar-refractivity contribution in [2.24, 2.45) is 4.99 Å². The lowest BCUT2D eigenvalue weighted by Gasteiger charge is -2.26. The van der Waals surface area contributed by atoms with E-state index in [-0.39, 0.29) is 23.0 Å². The Morgan fingerprint density at radius 2 is 1.92 bits per heavy atom. The highest BCUT2D eigenvalue weighted by atomic mass is 79.9. The highest BCUT2D eigenvalue weighted by molar-refractivity contribution is 9.11. The Hall–Kier alpha value is -2.21. The molecule has 2 aromatic carbocycles. The summed E-state index contributed by atoms with van der Waals surface area (Å²) in [6, 6.07) is 8.01. The van der Waals surface area contributed by atoms with Crippen molar-refractivity contribution < 1.29 is 19.4 Å². The Bertz CT molecular complexity index is 1590. The molecular weight excluding hydrogens is 680 g/mol. The van der Waals surface area contributed by atoms with E-state index in [0.717, 1.165) is 8.95 Å². The summed E-state index contributed by atoms with van der Waals surface area (Å²) in [4.78, 5) is 32.1. The molecule has 2 heterocycles. The first-order valence-corrected chi connectivity index (χ1v) is 14.0. The molecular formula is C25H21Br3N2O5S. The number of carbonyl (C=O) groups excluding carboxylic acids is 1. The van der Waals surface area contributed by atoms with Crippen LogP contribution in [0.1, 0.15) is 37.9 Å². The predicted molar refractivity (Wildman–Crippen MR) is 149 cm³/mol. The third kappa shape index (κ3) is 5.11. The van der Waals surface area contributed by atoms with Crippen LogP contribution >= 0.6 is 59.1 Å². The first-order valence-electron chi connectivity index (χ1n) is 10.8. The zero-order valence-corrected chi connectivity index (χ0v) is 25.2. The molecule has 1 N–H and O–H groups in total. The Labute approximate surface area is 236 Å². The Morgan fingerprint density at radius 3 is 2.58 bits per heavy atom. The summed E-state index contributed by atoms with van der Waals surface area (Å²) >= 11 is 11.4. The number of halogens is 3. The summed E-state index contributed by atoms with van der Waals surface area (Å²) in [6.45, 7) is 5.25. The van der Waals surface area contributed by atoms with E-state index in [1.54, 1.807) is 45.0 Å². The second-order valence-corrected chi connectivity index (χ2v) is 11.9. The number of allylic oxidation sites excluding steroid dienone is 1. The van der Waals surface area contributed by atoms with Crippen molar-refractivity contribution in [1.29, 1.82) is 0 Å². The second kappa shape index (κ2) is 10.6. The normalized spacial score (nSPS) is 15.7. The molecule has 0 unspecified atom stereocenters. The number of aromatic nitrogens is 1. The molecule has 3 aromatic rings. The highest BCUT2D eigenvalue weighted by Gasteiger charge is 2.35. The Balaban J connectivity index is 2.03. The molecule has 0 amide bonds. The molecule has 4 rings (SSSR count). The molecule has 0 bridgehead atoms. The van der Waals surface area contributed by atoms with Crippen molar-refractivity contribution in [3.8, 4) is 11.5 Å². The summed E-state index contributed by atoms with van der Waals surface area (Å²) in [5.41, 5.74) is 1.41. The molecule has 11 heteroatoms. The van der Waals surface area contributed by atoms with Gasteiger partial charge >= 0.3 is 5.97 Å². The van der Waals surface area contributed by atoms with Gasteiger partial charge in [0.1, 0.15) is 17.5 Å². The van der Waals surface area contributed by atoms with Crippen molar-refractivity contribution >= 4 is 71.2 Å². The van der Waals surface area contributed by atoms with Gasteiger partial charge in [-0.1, -0.05) is 43.2 Å². The van der Waals surface area contributed by atoms with E-state index in [0.29, 0.717) is 36.4 Å². The summed E-state index contributed by atoms with van der Waals surface area (Å²) in [5, 5.41) is 10.5. The van der Waals surface area contributed by atoms with Gasteiger partial charge in [0.05, 0.1) is 33.5 Å². The number of nitrogens with zero attached hydrogens (tertiary/aromatic N) is 2. The molecule has 1 aromatic heterocycles. The number of aromatic hydroxyl groups is 1. The summed E-state index contributed by atoms with van der Waals surface area (Å²) < 4.78 is 15.0. The van der Waals surface area contributed by atoms with E-state index in [1.165, 1.54) is 23.0 Å². The molecule has 7 nitrogen and oxygen atoms in total. The number of methoxy groups -OCH3 is 1. The zero-order valence-electron chi connectivity index (χ0n) is 19.6. The summed E-state index contributed by atoms with van der Waals surface area (Å²) in [5.74, 6) is -0.0383. The minimum atomic E-state index is -0.829. The number of rotatable bonds is 5. The average molecular weight is 701 g/mol. The molecule has 0 saturated heterocycles. The average Bonchev–Trinajstić information content (AvgIpc) is 3.10. The van der Waals surface area contributed by atoms with Crippen molar-refractivity contribution in [2.45, 2.75) is 32.9 Å². The van der Waals surface area contributed by atoms with Crippen molar-refractivity contribution in [3.05, 3.63) is 85.8 Å². The highest BCUT2D eigenvalue weighted by Crippen LogP contribution is 2.37. The summed E-state index contributed by atoms with van der Waals surface area (Å²) in [6.07, 6.45) is 1.25. The quantitative estimate of drug-likeness (QED) is 0.371. The maximum absolute atomic E-state index is 13.8. The molecule has 0 fully saturated rings. The predicted octanol–water partition coefficient (Wildman–Crippen LogP) is 5.19. The maximum atomic E-state index is 13.8.